The number of aromatic nitrogens is 4. The fourth-order valence-electron chi connectivity index (χ4n) is 16.7. The Morgan fingerprint density at radius 1 is 0.507 bits per heavy atom. The summed E-state index contributed by atoms with van der Waals surface area (Å²) in [6.07, 6.45) is -2.31. The minimum Gasteiger partial charge on any atom is -0.497 e. The molecule has 0 spiro atoms. The van der Waals surface area contributed by atoms with Crippen molar-refractivity contribution in [3.8, 4) is 5.75 Å². The molecule has 3 saturated heterocycles. The number of hydrogen-bond acceptors (Lipinski definition) is 24. The molecule has 16 amide bonds. The first-order valence-electron chi connectivity index (χ1n) is 45.2. The van der Waals surface area contributed by atoms with Crippen molar-refractivity contribution in [3.63, 3.8) is 0 Å². The van der Waals surface area contributed by atoms with Gasteiger partial charge < -0.3 is 129 Å². The average Bonchev–Trinajstić information content (AvgIpc) is 1.71. The van der Waals surface area contributed by atoms with Gasteiger partial charge in [-0.05, 0) is 86.4 Å². The molecule has 0 aliphatic carbocycles. The number of carbonyl (C=O) groups is 20. The molecule has 47 heteroatoms. The molecule has 3 fully saturated rings. The van der Waals surface area contributed by atoms with E-state index in [0.717, 1.165) is 24.5 Å². The maximum absolute atomic E-state index is 15.8. The van der Waals surface area contributed by atoms with Gasteiger partial charge in [-0.2, -0.15) is 0 Å². The molecule has 9 rings (SSSR count). The molecule has 15 atom stereocenters. The van der Waals surface area contributed by atoms with Gasteiger partial charge in [0.15, 0.2) is 0 Å². The van der Waals surface area contributed by atoms with Crippen LogP contribution in [-0.2, 0) is 122 Å². The first-order chi connectivity index (χ1) is 65.7. The van der Waals surface area contributed by atoms with Gasteiger partial charge in [-0.25, -0.2) is 4.98 Å². The summed E-state index contributed by atoms with van der Waals surface area (Å²) in [6.45, 7) is 3.10. The number of rotatable bonds is 28. The lowest BCUT2D eigenvalue weighted by atomic mass is 9.99. The Labute approximate surface area is 796 Å². The molecule has 6 aromatic rings. The summed E-state index contributed by atoms with van der Waals surface area (Å²) >= 11 is 0.690. The van der Waals surface area contributed by atoms with E-state index in [9.17, 15) is 83.1 Å². The number of nitrogens with zero attached hydrogens (tertiary/aromatic N) is 6. The monoisotopic (exact) mass is 1940 g/mol. The summed E-state index contributed by atoms with van der Waals surface area (Å²) in [6, 6.07) is -4.53. The van der Waals surface area contributed by atoms with E-state index >= 15 is 38.4 Å². The fourth-order valence-corrected chi connectivity index (χ4v) is 17.5. The van der Waals surface area contributed by atoms with Gasteiger partial charge in [0.1, 0.15) is 90.3 Å². The standard InChI is InChI=1S/C91H120N20O26S/c1-8-10-21-68-84(129)99-59(28-30-74(115)116)80(125)106-67(79(124)96-43-72(92)113)45-138-46-73(114)98-64(33-49-24-26-54(137-7)27-25-49)87(132)107(4)48(3)78(123)104-66(39-77(121)122)90(135)110-32-16-23-69(110)85(130)103-62(36-52-42-93-47-97-52)82(127)100-60(29-31-75(117)118)89(134)111-44-53(112)37-71(111)86(131)102-61(34-50-40-94-57-19-14-12-17-55(50)57)81(126)101-63(38-76(119)120)83(128)105-65(35-51-41-95-58-20-15-13-18-56(51)58)88(133)109(6)70(22-11-9-2)91(136)108(68)5/h12-15,17-20,24-27,40-42,47-48,53,59-71,94-95,112H,8-11,16,21-23,28-39,43-46H2,1-7H3,(H2,92,113)(H,93,97)(H,96,124)(H,98,114)(H,99,129)(H,100,127)(H,101,126)(H,102,131)(H,103,130)(H,104,123)(H,105,128)(H,106,125)(H,115,116)(H,117,118)(H,119,120)(H,121,122)/t48-,53+,59-,60-,61-,62-,63-,64-,65-,66-,67-,68-,69-,70-,71-/m0/s1. The van der Waals surface area contributed by atoms with Gasteiger partial charge in [0, 0.05) is 131 Å². The van der Waals surface area contributed by atoms with Crippen molar-refractivity contribution in [2.75, 3.05) is 59.4 Å². The van der Waals surface area contributed by atoms with Crippen molar-refractivity contribution in [2.24, 2.45) is 5.73 Å². The van der Waals surface area contributed by atoms with Crippen molar-refractivity contribution in [1.29, 1.82) is 0 Å². The number of aliphatic hydroxyl groups excluding tert-OH is 1. The molecular weight excluding hydrogens is 1820 g/mol. The van der Waals surface area contributed by atoms with Crippen LogP contribution in [0.3, 0.4) is 0 Å². The maximum atomic E-state index is 15.8. The number of imidazole rings is 1. The topological polar surface area (TPSA) is 675 Å². The number of nitrogens with two attached hydrogens (primary N) is 1. The van der Waals surface area contributed by atoms with Crippen molar-refractivity contribution in [3.05, 3.63) is 120 Å². The van der Waals surface area contributed by atoms with Gasteiger partial charge in [-0.15, -0.1) is 11.8 Å². The number of thioether (sulfide) groups is 1. The lowest BCUT2D eigenvalue weighted by Gasteiger charge is -2.36. The number of ether oxygens (including phenoxy) is 1. The summed E-state index contributed by atoms with van der Waals surface area (Å²) in [4.78, 5) is 306. The Hall–Kier alpha value is -14.5. The number of fused-ring (bicyclic) bond motifs is 4. The molecule has 3 aromatic carbocycles. The number of carboxylic acids is 4. The molecule has 746 valence electrons. The van der Waals surface area contributed by atoms with Crippen molar-refractivity contribution in [2.45, 2.75) is 233 Å². The van der Waals surface area contributed by atoms with Crippen LogP contribution in [0.15, 0.2) is 97.7 Å². The summed E-state index contributed by atoms with van der Waals surface area (Å²) in [7, 11) is 5.07. The van der Waals surface area contributed by atoms with Gasteiger partial charge in [-0.3, -0.25) is 95.9 Å². The van der Waals surface area contributed by atoms with E-state index in [0.29, 0.717) is 68.8 Å². The highest BCUT2D eigenvalue weighted by atomic mass is 32.2. The number of methoxy groups -OCH3 is 1. The molecule has 46 nitrogen and oxygen atoms in total. The molecule has 138 heavy (non-hydrogen) atoms. The van der Waals surface area contributed by atoms with E-state index < -0.39 is 291 Å². The van der Waals surface area contributed by atoms with Crippen LogP contribution in [0.1, 0.15) is 139 Å². The van der Waals surface area contributed by atoms with Crippen LogP contribution < -0.4 is 63.6 Å². The minimum atomic E-state index is -2.12. The lowest BCUT2D eigenvalue weighted by molar-refractivity contribution is -0.149. The van der Waals surface area contributed by atoms with E-state index in [2.05, 4.69) is 73.1 Å². The first-order valence-corrected chi connectivity index (χ1v) is 46.4. The number of nitrogens with one attached hydrogen (secondary N) is 13. The van der Waals surface area contributed by atoms with Crippen molar-refractivity contribution < 1.29 is 126 Å². The molecule has 3 aromatic heterocycles. The SMILES string of the molecule is CCCC[C@H]1C(=O)N(C)[C@@H](CCCC)C(=O)N[C@@H](CCC(=O)O)C(=O)N[C@H](C(=O)NCC(N)=O)CSCC(=O)N[C@@H](Cc2ccc(OC)cc2)C(=O)N(C)[C@@H](C)C(=O)N[C@@H](CC(=O)O)C(=O)N2CCC[C@H]2C(=O)N[C@@H](Cc2cnc[nH]2)C(=O)N[C@@H](CCC(=O)O)C(=O)N2C[C@H](O)C[C@H]2C(=O)N[C@@H](Cc2c[nH]c3ccccc23)C(=O)N[C@@H](CC(=O)O)C(=O)N[C@@H](Cc2c[nH]c3ccccc23)C(=O)N1C. The summed E-state index contributed by atoms with van der Waals surface area (Å²) in [5.74, 6) is -24.2. The molecule has 0 unspecified atom stereocenters. The Kier molecular flexibility index (Phi) is 39.5. The number of aliphatic hydroxyl groups is 1. The number of unbranched alkanes of at least 4 members (excludes halogenated alkanes) is 2. The molecule has 0 radical (unpaired) electrons. The molecule has 0 bridgehead atoms. The fraction of sp³-hybridized carbons (Fsp3) is 0.505. The number of hydrogen-bond donors (Lipinski definition) is 19. The van der Waals surface area contributed by atoms with Gasteiger partial charge in [-0.1, -0.05) is 88.1 Å². The highest BCUT2D eigenvalue weighted by Gasteiger charge is 2.47. The second-order valence-electron chi connectivity index (χ2n) is 34.3. The lowest BCUT2D eigenvalue weighted by Crippen LogP contribution is -2.61. The zero-order valence-corrected chi connectivity index (χ0v) is 78.2. The van der Waals surface area contributed by atoms with E-state index in [1.807, 2.05) is 0 Å². The molecular formula is C91H120N20O26S. The predicted octanol–water partition coefficient (Wildman–Crippen LogP) is -2.12. The molecule has 0 saturated carbocycles. The number of aliphatic carboxylic acids is 4. The third kappa shape index (κ3) is 29.7. The van der Waals surface area contributed by atoms with Gasteiger partial charge >= 0.3 is 23.9 Å². The van der Waals surface area contributed by atoms with E-state index in [-0.39, 0.29) is 63.6 Å². The Morgan fingerprint density at radius 2 is 1.01 bits per heavy atom. The first kappa shape index (κ1) is 107. The van der Waals surface area contributed by atoms with Crippen LogP contribution in [0.2, 0.25) is 0 Å². The van der Waals surface area contributed by atoms with Gasteiger partial charge in [0.2, 0.25) is 94.5 Å². The van der Waals surface area contributed by atoms with Crippen molar-refractivity contribution in [1.82, 2.24) is 97.6 Å². The largest absolute Gasteiger partial charge is 0.497 e. The molecule has 3 aliphatic heterocycles. The number of primary amides is 1. The van der Waals surface area contributed by atoms with Crippen LogP contribution >= 0.6 is 11.8 Å². The highest BCUT2D eigenvalue weighted by molar-refractivity contribution is 8.00. The van der Waals surface area contributed by atoms with Crippen LogP contribution in [0.25, 0.3) is 21.8 Å². The smallest absolute Gasteiger partial charge is 0.305 e. The number of benzene rings is 3. The normalized spacial score (nSPS) is 24.4. The highest BCUT2D eigenvalue weighted by Crippen LogP contribution is 2.28. The molecule has 3 aliphatic rings. The second kappa shape index (κ2) is 50.9. The number of amides is 16. The van der Waals surface area contributed by atoms with Crippen LogP contribution in [0.5, 0.6) is 5.75 Å². The quantitative estimate of drug-likeness (QED) is 0.0250. The molecule has 6 heterocycles. The Balaban J connectivity index is 1.12. The predicted molar refractivity (Wildman–Crippen MR) is 493 cm³/mol. The van der Waals surface area contributed by atoms with E-state index in [4.69, 9.17) is 10.5 Å². The second-order valence-corrected chi connectivity index (χ2v) is 35.3. The number of carboxylic acid groups (broad SMARTS) is 4. The zero-order valence-electron chi connectivity index (χ0n) is 77.3. The van der Waals surface area contributed by atoms with Gasteiger partial charge in [0.05, 0.1) is 44.7 Å². The Morgan fingerprint density at radius 3 is 1.59 bits per heavy atom. The Bertz CT molecular complexity index is 5420. The van der Waals surface area contributed by atoms with E-state index in [1.165, 1.54) is 53.9 Å². The number of H-pyrrole nitrogens is 3. The van der Waals surface area contributed by atoms with Crippen LogP contribution in [0, 0.1) is 0 Å². The minimum absolute atomic E-state index is 0.0842. The van der Waals surface area contributed by atoms with Crippen molar-refractivity contribution >= 4 is 152 Å². The number of carbonyl (C=O) groups excluding carboxylic acids is 16. The van der Waals surface area contributed by atoms with E-state index in [1.54, 1.807) is 92.8 Å². The van der Waals surface area contributed by atoms with Crippen LogP contribution in [0.4, 0.5) is 0 Å². The maximum Gasteiger partial charge on any atom is 0.305 e. The average molecular weight is 1940 g/mol. The number of likely N-dealkylation sites (N-methyl/N-ethyl adjacent to an activating group) is 3. The number of para-hydroxylation sites is 2. The number of aromatic amines is 3. The molecule has 20 N–H and O–H groups in total. The summed E-state index contributed by atoms with van der Waals surface area (Å²) in [5.41, 5.74) is 7.90. The third-order valence-electron chi connectivity index (χ3n) is 24.3. The zero-order chi connectivity index (χ0) is 101. The van der Waals surface area contributed by atoms with Gasteiger partial charge in [0.25, 0.3) is 0 Å². The third-order valence-corrected chi connectivity index (χ3v) is 25.4. The summed E-state index contributed by atoms with van der Waals surface area (Å²) in [5, 5.41) is 78.6. The summed E-state index contributed by atoms with van der Waals surface area (Å²) < 4.78 is 5.32. The van der Waals surface area contributed by atoms with Crippen LogP contribution in [-0.4, -0.2) is 338 Å².